The van der Waals surface area contributed by atoms with Gasteiger partial charge in [0.05, 0.1) is 12.1 Å². The Kier molecular flexibility index (Phi) is 3.99. The molecular weight excluding hydrogens is 248 g/mol. The molecule has 2 N–H and O–H groups in total. The average Bonchev–Trinajstić information content (AvgIpc) is 3.32. The van der Waals surface area contributed by atoms with Crippen molar-refractivity contribution < 1.29 is 5.11 Å². The van der Waals surface area contributed by atoms with Gasteiger partial charge in [-0.3, -0.25) is 0 Å². The van der Waals surface area contributed by atoms with Crippen molar-refractivity contribution in [1.82, 2.24) is 5.32 Å². The summed E-state index contributed by atoms with van der Waals surface area (Å²) in [5.41, 5.74) is 2.71. The molecule has 0 radical (unpaired) electrons. The number of anilines is 1. The Bertz CT molecular complexity index is 458. The lowest BCUT2D eigenvalue weighted by molar-refractivity contribution is 0.145. The van der Waals surface area contributed by atoms with Crippen molar-refractivity contribution in [3.8, 4) is 0 Å². The fraction of sp³-hybridized carbons (Fsp3) is 0.647. The number of aryl methyl sites for hydroxylation is 1. The zero-order valence-electron chi connectivity index (χ0n) is 12.4. The molecule has 20 heavy (non-hydrogen) atoms. The molecule has 1 fully saturated rings. The third kappa shape index (κ3) is 2.57. The van der Waals surface area contributed by atoms with Crippen LogP contribution in [0.1, 0.15) is 31.7 Å². The standard InChI is InChI=1S/C17H26N2O/c1-2-18-17(13-20,15-9-10-15)12-19-11-5-7-14-6-3-4-8-16(14)19/h3-4,6,8,15,18,20H,2,5,7,9-13H2,1H3. The van der Waals surface area contributed by atoms with Crippen molar-refractivity contribution in [2.24, 2.45) is 5.92 Å². The highest BCUT2D eigenvalue weighted by Gasteiger charge is 2.45. The lowest BCUT2D eigenvalue weighted by Crippen LogP contribution is -2.58. The van der Waals surface area contributed by atoms with Gasteiger partial charge in [0.1, 0.15) is 0 Å². The van der Waals surface area contributed by atoms with E-state index in [2.05, 4.69) is 41.4 Å². The van der Waals surface area contributed by atoms with Gasteiger partial charge in [-0.1, -0.05) is 25.1 Å². The summed E-state index contributed by atoms with van der Waals surface area (Å²) in [5.74, 6) is 0.640. The Morgan fingerprint density at radius 1 is 1.35 bits per heavy atom. The Hall–Kier alpha value is -1.06. The summed E-state index contributed by atoms with van der Waals surface area (Å²) in [7, 11) is 0. The van der Waals surface area contributed by atoms with E-state index < -0.39 is 0 Å². The molecule has 0 amide bonds. The van der Waals surface area contributed by atoms with Gasteiger partial charge in [0, 0.05) is 18.8 Å². The van der Waals surface area contributed by atoms with E-state index in [-0.39, 0.29) is 12.1 Å². The topological polar surface area (TPSA) is 35.5 Å². The molecule has 2 aliphatic rings. The highest BCUT2D eigenvalue weighted by Crippen LogP contribution is 2.41. The monoisotopic (exact) mass is 274 g/mol. The summed E-state index contributed by atoms with van der Waals surface area (Å²) in [5, 5.41) is 13.6. The molecule has 3 nitrogen and oxygen atoms in total. The van der Waals surface area contributed by atoms with Crippen LogP contribution in [0.5, 0.6) is 0 Å². The van der Waals surface area contributed by atoms with Crippen LogP contribution in [0.4, 0.5) is 5.69 Å². The summed E-state index contributed by atoms with van der Waals surface area (Å²) in [6.07, 6.45) is 4.91. The third-order valence-electron chi connectivity index (χ3n) is 4.85. The van der Waals surface area contributed by atoms with Crippen LogP contribution in [0.2, 0.25) is 0 Å². The van der Waals surface area contributed by atoms with Gasteiger partial charge in [0.2, 0.25) is 0 Å². The van der Waals surface area contributed by atoms with Crippen molar-refractivity contribution >= 4 is 5.69 Å². The Labute approximate surface area is 122 Å². The lowest BCUT2D eigenvalue weighted by atomic mass is 9.91. The molecule has 1 atom stereocenters. The van der Waals surface area contributed by atoms with E-state index in [1.165, 1.54) is 36.9 Å². The summed E-state index contributed by atoms with van der Waals surface area (Å²) in [6.45, 7) is 5.34. The van der Waals surface area contributed by atoms with Gasteiger partial charge >= 0.3 is 0 Å². The van der Waals surface area contributed by atoms with Crippen LogP contribution in [0.3, 0.4) is 0 Å². The number of likely N-dealkylation sites (N-methyl/N-ethyl adjacent to an activating group) is 1. The van der Waals surface area contributed by atoms with Crippen molar-refractivity contribution in [2.75, 3.05) is 31.1 Å². The summed E-state index contributed by atoms with van der Waals surface area (Å²) in [6, 6.07) is 8.73. The number of fused-ring (bicyclic) bond motifs is 1. The number of hydrogen-bond donors (Lipinski definition) is 2. The van der Waals surface area contributed by atoms with Crippen molar-refractivity contribution in [2.45, 2.75) is 38.1 Å². The van der Waals surface area contributed by atoms with Gasteiger partial charge in [-0.05, 0) is 49.8 Å². The molecular formula is C17H26N2O. The highest BCUT2D eigenvalue weighted by molar-refractivity contribution is 5.55. The molecule has 3 rings (SSSR count). The second-order valence-corrected chi connectivity index (χ2v) is 6.27. The lowest BCUT2D eigenvalue weighted by Gasteiger charge is -2.41. The van der Waals surface area contributed by atoms with Crippen LogP contribution in [0.25, 0.3) is 0 Å². The molecule has 1 aromatic carbocycles. The van der Waals surface area contributed by atoms with Gasteiger partial charge in [-0.25, -0.2) is 0 Å². The zero-order valence-corrected chi connectivity index (χ0v) is 12.4. The Morgan fingerprint density at radius 2 is 2.15 bits per heavy atom. The molecule has 0 spiro atoms. The van der Waals surface area contributed by atoms with Gasteiger partial charge in [-0.15, -0.1) is 0 Å². The number of aliphatic hydroxyl groups excluding tert-OH is 1. The summed E-state index contributed by atoms with van der Waals surface area (Å²) in [4.78, 5) is 2.48. The molecule has 1 aliphatic heterocycles. The maximum atomic E-state index is 10.0. The number of rotatable bonds is 6. The first-order valence-electron chi connectivity index (χ1n) is 7.98. The molecule has 0 bridgehead atoms. The minimum Gasteiger partial charge on any atom is -0.394 e. The molecule has 1 aliphatic carbocycles. The molecule has 110 valence electrons. The van der Waals surface area contributed by atoms with E-state index in [1.807, 2.05) is 0 Å². The summed E-state index contributed by atoms with van der Waals surface area (Å²) < 4.78 is 0. The van der Waals surface area contributed by atoms with Crippen LogP contribution in [-0.2, 0) is 6.42 Å². The van der Waals surface area contributed by atoms with Crippen molar-refractivity contribution in [3.05, 3.63) is 29.8 Å². The Balaban J connectivity index is 1.82. The van der Waals surface area contributed by atoms with Gasteiger partial charge in [-0.2, -0.15) is 0 Å². The van der Waals surface area contributed by atoms with Crippen molar-refractivity contribution in [3.63, 3.8) is 0 Å². The maximum Gasteiger partial charge on any atom is 0.0633 e. The number of benzene rings is 1. The molecule has 0 saturated heterocycles. The first kappa shape index (κ1) is 13.9. The fourth-order valence-electron chi connectivity index (χ4n) is 3.67. The molecule has 3 heteroatoms. The number of nitrogens with one attached hydrogen (secondary N) is 1. The quantitative estimate of drug-likeness (QED) is 0.835. The van der Waals surface area contributed by atoms with Crippen LogP contribution < -0.4 is 10.2 Å². The predicted octanol–water partition coefficient (Wildman–Crippen LogP) is 2.19. The highest BCUT2D eigenvalue weighted by atomic mass is 16.3. The molecule has 0 aromatic heterocycles. The second-order valence-electron chi connectivity index (χ2n) is 6.27. The van der Waals surface area contributed by atoms with E-state index in [4.69, 9.17) is 0 Å². The molecule has 1 heterocycles. The van der Waals surface area contributed by atoms with Crippen LogP contribution in [-0.4, -0.2) is 36.9 Å². The second kappa shape index (κ2) is 5.74. The smallest absolute Gasteiger partial charge is 0.0633 e. The van der Waals surface area contributed by atoms with Gasteiger partial charge in [0.15, 0.2) is 0 Å². The van der Waals surface area contributed by atoms with E-state index in [0.717, 1.165) is 19.6 Å². The predicted molar refractivity (Wildman–Crippen MR) is 83.2 cm³/mol. The van der Waals surface area contributed by atoms with E-state index >= 15 is 0 Å². The number of nitrogens with zero attached hydrogens (tertiary/aromatic N) is 1. The van der Waals surface area contributed by atoms with Crippen LogP contribution >= 0.6 is 0 Å². The third-order valence-corrected chi connectivity index (χ3v) is 4.85. The summed E-state index contributed by atoms with van der Waals surface area (Å²) >= 11 is 0. The van der Waals surface area contributed by atoms with Gasteiger partial charge < -0.3 is 15.3 Å². The number of hydrogen-bond acceptors (Lipinski definition) is 3. The fourth-order valence-corrected chi connectivity index (χ4v) is 3.67. The van der Waals surface area contributed by atoms with E-state index in [9.17, 15) is 5.11 Å². The van der Waals surface area contributed by atoms with Crippen LogP contribution in [0, 0.1) is 5.92 Å². The largest absolute Gasteiger partial charge is 0.394 e. The van der Waals surface area contributed by atoms with Gasteiger partial charge in [0.25, 0.3) is 0 Å². The molecule has 1 aromatic rings. The van der Waals surface area contributed by atoms with Crippen molar-refractivity contribution in [1.29, 1.82) is 0 Å². The van der Waals surface area contributed by atoms with E-state index in [0.29, 0.717) is 5.92 Å². The number of para-hydroxylation sites is 1. The van der Waals surface area contributed by atoms with Crippen LogP contribution in [0.15, 0.2) is 24.3 Å². The minimum atomic E-state index is -0.112. The molecule has 1 saturated carbocycles. The molecule has 1 unspecified atom stereocenters. The zero-order chi connectivity index (χ0) is 14.0. The first-order chi connectivity index (χ1) is 9.79. The van der Waals surface area contributed by atoms with E-state index in [1.54, 1.807) is 0 Å². The normalized spacial score (nSPS) is 21.4. The number of aliphatic hydroxyl groups is 1. The Morgan fingerprint density at radius 3 is 2.85 bits per heavy atom. The first-order valence-corrected chi connectivity index (χ1v) is 7.98. The average molecular weight is 274 g/mol. The minimum absolute atomic E-state index is 0.112. The SMILES string of the molecule is CCNC(CO)(CN1CCCc2ccccc21)C1CC1. The maximum absolute atomic E-state index is 10.0.